The Hall–Kier alpha value is -2.83. The van der Waals surface area contributed by atoms with Gasteiger partial charge in [-0.3, -0.25) is 0 Å². The molecule has 2 aromatic carbocycles. The lowest BCUT2D eigenvalue weighted by Crippen LogP contribution is -2.21. The highest BCUT2D eigenvalue weighted by Gasteiger charge is 2.18. The lowest BCUT2D eigenvalue weighted by atomic mass is 10.1. The Kier molecular flexibility index (Phi) is 5.30. The Morgan fingerprint density at radius 3 is 2.31 bits per heavy atom. The van der Waals surface area contributed by atoms with Crippen LogP contribution in [0.1, 0.15) is 13.8 Å². The van der Waals surface area contributed by atoms with Gasteiger partial charge in [-0.05, 0) is 50.2 Å². The van der Waals surface area contributed by atoms with Crippen LogP contribution in [-0.4, -0.2) is 23.3 Å². The van der Waals surface area contributed by atoms with Gasteiger partial charge in [-0.25, -0.2) is 4.79 Å². The molecule has 0 aliphatic heterocycles. The van der Waals surface area contributed by atoms with Gasteiger partial charge in [-0.1, -0.05) is 23.2 Å². The number of rotatable bonds is 5. The van der Waals surface area contributed by atoms with Crippen LogP contribution in [0.2, 0.25) is 10.0 Å². The van der Waals surface area contributed by atoms with Crippen molar-refractivity contribution < 1.29 is 8.83 Å². The molecule has 29 heavy (non-hydrogen) atoms. The van der Waals surface area contributed by atoms with Gasteiger partial charge in [-0.2, -0.15) is 0 Å². The minimum absolute atomic E-state index is 0.0643. The molecule has 4 aromatic rings. The van der Waals surface area contributed by atoms with Gasteiger partial charge in [0.2, 0.25) is 5.89 Å². The van der Waals surface area contributed by atoms with Crippen LogP contribution in [0.3, 0.4) is 0 Å². The molecule has 0 saturated carbocycles. The van der Waals surface area contributed by atoms with Gasteiger partial charge in [0.15, 0.2) is 0 Å². The molecule has 148 valence electrons. The number of hydrogen-bond donors (Lipinski definition) is 0. The van der Waals surface area contributed by atoms with E-state index in [9.17, 15) is 4.79 Å². The number of aromatic nitrogens is 2. The summed E-state index contributed by atoms with van der Waals surface area (Å²) in [5.74, 6) is 0.257. The second-order valence-corrected chi connectivity index (χ2v) is 7.22. The van der Waals surface area contributed by atoms with Gasteiger partial charge in [-0.15, -0.1) is 10.2 Å². The van der Waals surface area contributed by atoms with E-state index < -0.39 is 5.63 Å². The van der Waals surface area contributed by atoms with Gasteiger partial charge in [0, 0.05) is 35.3 Å². The molecule has 0 N–H and O–H groups in total. The van der Waals surface area contributed by atoms with Gasteiger partial charge in [0.25, 0.3) is 5.89 Å². The number of benzene rings is 2. The Morgan fingerprint density at radius 2 is 1.62 bits per heavy atom. The van der Waals surface area contributed by atoms with E-state index in [2.05, 4.69) is 28.9 Å². The summed E-state index contributed by atoms with van der Waals surface area (Å²) in [6, 6.07) is 12.4. The number of halogens is 2. The highest BCUT2D eigenvalue weighted by molar-refractivity contribution is 6.36. The summed E-state index contributed by atoms with van der Waals surface area (Å²) >= 11 is 12.1. The SMILES string of the molecule is CCN(CC)c1ccc2cc(-c3nnc(-c4ccc(Cl)cc4Cl)o3)c(=O)oc2c1. The van der Waals surface area contributed by atoms with Crippen molar-refractivity contribution in [3.63, 3.8) is 0 Å². The molecule has 6 nitrogen and oxygen atoms in total. The highest BCUT2D eigenvalue weighted by atomic mass is 35.5. The summed E-state index contributed by atoms with van der Waals surface area (Å²) in [4.78, 5) is 14.7. The van der Waals surface area contributed by atoms with Gasteiger partial charge in [0.05, 0.1) is 10.6 Å². The summed E-state index contributed by atoms with van der Waals surface area (Å²) in [5, 5.41) is 9.63. The molecular formula is C21H17Cl2N3O3. The molecule has 2 heterocycles. The fourth-order valence-corrected chi connectivity index (χ4v) is 3.63. The molecule has 0 atom stereocenters. The Balaban J connectivity index is 1.75. The van der Waals surface area contributed by atoms with E-state index in [-0.39, 0.29) is 17.3 Å². The third-order valence-corrected chi connectivity index (χ3v) is 5.21. The topological polar surface area (TPSA) is 72.4 Å². The van der Waals surface area contributed by atoms with E-state index in [1.807, 2.05) is 18.2 Å². The second-order valence-electron chi connectivity index (χ2n) is 6.38. The molecule has 0 bridgehead atoms. The first-order valence-corrected chi connectivity index (χ1v) is 9.88. The first-order valence-electron chi connectivity index (χ1n) is 9.12. The van der Waals surface area contributed by atoms with Crippen molar-refractivity contribution in [3.05, 3.63) is 62.9 Å². The quantitative estimate of drug-likeness (QED) is 0.381. The smallest absolute Gasteiger partial charge is 0.349 e. The molecule has 0 aliphatic rings. The molecule has 4 rings (SSSR count). The summed E-state index contributed by atoms with van der Waals surface area (Å²) in [7, 11) is 0. The molecule has 8 heteroatoms. The summed E-state index contributed by atoms with van der Waals surface area (Å²) in [6.07, 6.45) is 0. The minimum atomic E-state index is -0.549. The zero-order valence-electron chi connectivity index (χ0n) is 15.8. The molecular weight excluding hydrogens is 413 g/mol. The first-order chi connectivity index (χ1) is 14.0. The largest absolute Gasteiger partial charge is 0.422 e. The van der Waals surface area contributed by atoms with E-state index in [0.29, 0.717) is 21.2 Å². The molecule has 0 radical (unpaired) electrons. The minimum Gasteiger partial charge on any atom is -0.422 e. The molecule has 0 amide bonds. The average Bonchev–Trinajstić information content (AvgIpc) is 3.18. The lowest BCUT2D eigenvalue weighted by Gasteiger charge is -2.20. The zero-order valence-corrected chi connectivity index (χ0v) is 17.3. The highest BCUT2D eigenvalue weighted by Crippen LogP contribution is 2.31. The van der Waals surface area contributed by atoms with Gasteiger partial charge >= 0.3 is 5.63 Å². The van der Waals surface area contributed by atoms with Crippen molar-refractivity contribution in [3.8, 4) is 22.9 Å². The maximum atomic E-state index is 12.6. The third-order valence-electron chi connectivity index (χ3n) is 4.67. The van der Waals surface area contributed by atoms with Crippen molar-refractivity contribution in [2.24, 2.45) is 0 Å². The Labute approximate surface area is 176 Å². The summed E-state index contributed by atoms with van der Waals surface area (Å²) < 4.78 is 11.2. The maximum Gasteiger partial charge on any atom is 0.349 e. The lowest BCUT2D eigenvalue weighted by molar-refractivity contribution is 0.547. The Bertz CT molecular complexity index is 1250. The molecule has 0 fully saturated rings. The monoisotopic (exact) mass is 429 g/mol. The van der Waals surface area contributed by atoms with Crippen LogP contribution in [-0.2, 0) is 0 Å². The maximum absolute atomic E-state index is 12.6. The number of fused-ring (bicyclic) bond motifs is 1. The predicted octanol–water partition coefficient (Wildman–Crippen LogP) is 5.66. The van der Waals surface area contributed by atoms with Gasteiger partial charge in [0.1, 0.15) is 11.1 Å². The number of anilines is 1. The molecule has 2 aromatic heterocycles. The van der Waals surface area contributed by atoms with Crippen molar-refractivity contribution in [1.29, 1.82) is 0 Å². The van der Waals surface area contributed by atoms with Crippen molar-refractivity contribution in [1.82, 2.24) is 10.2 Å². The van der Waals surface area contributed by atoms with Crippen LogP contribution < -0.4 is 10.5 Å². The fourth-order valence-electron chi connectivity index (χ4n) is 3.14. The van der Waals surface area contributed by atoms with Crippen LogP contribution in [0, 0.1) is 0 Å². The average molecular weight is 430 g/mol. The normalized spacial score (nSPS) is 11.2. The zero-order chi connectivity index (χ0) is 20.5. The Morgan fingerprint density at radius 1 is 0.897 bits per heavy atom. The van der Waals surface area contributed by atoms with Crippen molar-refractivity contribution in [2.45, 2.75) is 13.8 Å². The van der Waals surface area contributed by atoms with Gasteiger partial charge < -0.3 is 13.7 Å². The van der Waals surface area contributed by atoms with E-state index in [0.717, 1.165) is 24.2 Å². The fraction of sp³-hybridized carbons (Fsp3) is 0.190. The number of nitrogens with zero attached hydrogens (tertiary/aromatic N) is 3. The summed E-state index contributed by atoms with van der Waals surface area (Å²) in [5.41, 5.74) is 1.67. The molecule has 0 aliphatic carbocycles. The predicted molar refractivity (Wildman–Crippen MR) is 115 cm³/mol. The van der Waals surface area contributed by atoms with Crippen LogP contribution in [0.15, 0.2) is 56.1 Å². The number of hydrogen-bond acceptors (Lipinski definition) is 6. The molecule has 0 saturated heterocycles. The van der Waals surface area contributed by atoms with E-state index in [1.165, 1.54) is 0 Å². The van der Waals surface area contributed by atoms with E-state index in [4.69, 9.17) is 32.0 Å². The van der Waals surface area contributed by atoms with E-state index >= 15 is 0 Å². The second kappa shape index (κ2) is 7.89. The van der Waals surface area contributed by atoms with Crippen LogP contribution in [0.5, 0.6) is 0 Å². The third kappa shape index (κ3) is 3.73. The van der Waals surface area contributed by atoms with Crippen LogP contribution in [0.25, 0.3) is 33.9 Å². The van der Waals surface area contributed by atoms with Crippen LogP contribution in [0.4, 0.5) is 5.69 Å². The summed E-state index contributed by atoms with van der Waals surface area (Å²) in [6.45, 7) is 5.88. The van der Waals surface area contributed by atoms with Crippen molar-refractivity contribution >= 4 is 39.9 Å². The molecule has 0 unspecified atom stereocenters. The van der Waals surface area contributed by atoms with E-state index in [1.54, 1.807) is 24.3 Å². The molecule has 0 spiro atoms. The van der Waals surface area contributed by atoms with Crippen LogP contribution >= 0.6 is 23.2 Å². The standard InChI is InChI=1S/C21H17Cl2N3O3/c1-3-26(4-2)14-7-5-12-9-16(21(27)28-18(12)11-14)20-25-24-19(29-20)15-8-6-13(22)10-17(15)23/h5-11H,3-4H2,1-2H3. The van der Waals surface area contributed by atoms with Crippen molar-refractivity contribution in [2.75, 3.05) is 18.0 Å². The first kappa shape index (κ1) is 19.5.